The Morgan fingerprint density at radius 2 is 1.87 bits per heavy atom. The van der Waals surface area contributed by atoms with E-state index in [0.717, 1.165) is 16.9 Å². The lowest BCUT2D eigenvalue weighted by molar-refractivity contribution is -0.155. The molecule has 8 nitrogen and oxygen atoms in total. The maximum atomic E-state index is 13.1. The molecule has 1 aromatic rings. The number of rotatable bonds is 5. The number of anilines is 1. The number of ether oxygens (including phenoxy) is 1. The molecule has 3 atom stereocenters. The zero-order chi connectivity index (χ0) is 23.0. The summed E-state index contributed by atoms with van der Waals surface area (Å²) in [7, 11) is 0. The van der Waals surface area contributed by atoms with Crippen molar-refractivity contribution in [2.24, 2.45) is 11.3 Å². The molecule has 2 fully saturated rings. The van der Waals surface area contributed by atoms with Crippen molar-refractivity contribution in [3.63, 3.8) is 0 Å². The first-order valence-corrected chi connectivity index (χ1v) is 10.6. The normalized spacial score (nSPS) is 25.8. The zero-order valence-electron chi connectivity index (χ0n) is 18.8. The molecule has 2 N–H and O–H groups in total. The maximum absolute atomic E-state index is 13.1. The van der Waals surface area contributed by atoms with Crippen LogP contribution in [0.1, 0.15) is 52.5 Å². The minimum Gasteiger partial charge on any atom is -0.451 e. The predicted molar refractivity (Wildman–Crippen MR) is 115 cm³/mol. The third kappa shape index (κ3) is 5.06. The molecule has 2 aliphatic rings. The van der Waals surface area contributed by atoms with Crippen LogP contribution in [0.4, 0.5) is 10.5 Å². The first-order chi connectivity index (χ1) is 14.4. The van der Waals surface area contributed by atoms with Crippen LogP contribution in [0.25, 0.3) is 0 Å². The fraction of sp³-hybridized carbons (Fsp3) is 0.565. The van der Waals surface area contributed by atoms with E-state index in [-0.39, 0.29) is 11.3 Å². The zero-order valence-corrected chi connectivity index (χ0v) is 18.8. The summed E-state index contributed by atoms with van der Waals surface area (Å²) in [6.45, 7) is 9.08. The van der Waals surface area contributed by atoms with E-state index < -0.39 is 42.0 Å². The topological polar surface area (TPSA) is 105 Å². The van der Waals surface area contributed by atoms with Gasteiger partial charge in [0.2, 0.25) is 0 Å². The fourth-order valence-electron chi connectivity index (χ4n) is 4.95. The number of benzene rings is 1. The molecule has 1 aromatic carbocycles. The van der Waals surface area contributed by atoms with Crippen LogP contribution in [0.2, 0.25) is 0 Å². The first-order valence-electron chi connectivity index (χ1n) is 10.6. The number of esters is 1. The second kappa shape index (κ2) is 8.32. The molecular formula is C23H31N3O5. The van der Waals surface area contributed by atoms with Crippen LogP contribution >= 0.6 is 0 Å². The highest BCUT2D eigenvalue weighted by Gasteiger charge is 2.56. The number of urea groups is 1. The molecule has 1 spiro atoms. The molecule has 0 unspecified atom stereocenters. The van der Waals surface area contributed by atoms with E-state index in [2.05, 4.69) is 31.4 Å². The van der Waals surface area contributed by atoms with Crippen LogP contribution < -0.4 is 10.6 Å². The Balaban J connectivity index is 1.59. The lowest BCUT2D eigenvalue weighted by atomic mass is 9.64. The van der Waals surface area contributed by atoms with Gasteiger partial charge >= 0.3 is 12.0 Å². The van der Waals surface area contributed by atoms with Crippen LogP contribution in [-0.4, -0.2) is 46.9 Å². The second-order valence-electron chi connectivity index (χ2n) is 9.75. The number of imide groups is 1. The van der Waals surface area contributed by atoms with E-state index in [1.165, 1.54) is 6.92 Å². The van der Waals surface area contributed by atoms with Gasteiger partial charge in [-0.25, -0.2) is 4.79 Å². The van der Waals surface area contributed by atoms with Gasteiger partial charge in [0.15, 0.2) is 6.10 Å². The molecule has 0 radical (unpaired) electrons. The number of amides is 4. The van der Waals surface area contributed by atoms with Crippen LogP contribution in [0.5, 0.6) is 0 Å². The Kier molecular flexibility index (Phi) is 6.11. The highest BCUT2D eigenvalue weighted by atomic mass is 16.5. The maximum Gasteiger partial charge on any atom is 0.327 e. The van der Waals surface area contributed by atoms with E-state index in [1.54, 1.807) is 12.1 Å². The van der Waals surface area contributed by atoms with Crippen molar-refractivity contribution in [3.05, 3.63) is 29.8 Å². The minimum absolute atomic E-state index is 0.0975. The standard InChI is InChI=1S/C23H31N3O5/c1-14-6-8-17(9-7-14)24-19(28)16(3)31-18(27)12-26-20(29)23(25-21(26)30)11-15(2)10-22(4,5)13-23/h6-9,15-16H,10-13H2,1-5H3,(H,24,28)(H,25,30)/t15-,16+,23-/m1/s1. The largest absolute Gasteiger partial charge is 0.451 e. The SMILES string of the molecule is Cc1ccc(NC(=O)[C@H](C)OC(=O)CN2C(=O)N[C@@]3(C[C@H](C)CC(C)(C)C3)C2=O)cc1. The minimum atomic E-state index is -1.07. The molecular weight excluding hydrogens is 398 g/mol. The number of nitrogens with one attached hydrogen (secondary N) is 2. The van der Waals surface area contributed by atoms with Gasteiger partial charge in [-0.15, -0.1) is 0 Å². The lowest BCUT2D eigenvalue weighted by Gasteiger charge is -2.43. The third-order valence-electron chi connectivity index (χ3n) is 5.91. The molecule has 0 aromatic heterocycles. The number of hydrogen-bond donors (Lipinski definition) is 2. The van der Waals surface area contributed by atoms with Crippen LogP contribution in [-0.2, 0) is 19.1 Å². The van der Waals surface area contributed by atoms with Crippen LogP contribution in [0.3, 0.4) is 0 Å². The Hall–Kier alpha value is -2.90. The Labute approximate surface area is 182 Å². The predicted octanol–water partition coefficient (Wildman–Crippen LogP) is 3.00. The smallest absolute Gasteiger partial charge is 0.327 e. The molecule has 1 aliphatic carbocycles. The van der Waals surface area contributed by atoms with Crippen molar-refractivity contribution in [2.75, 3.05) is 11.9 Å². The molecule has 3 rings (SSSR count). The van der Waals surface area contributed by atoms with Gasteiger partial charge in [0.25, 0.3) is 11.8 Å². The summed E-state index contributed by atoms with van der Waals surface area (Å²) in [5.74, 6) is -1.43. The highest BCUT2D eigenvalue weighted by molar-refractivity contribution is 6.09. The summed E-state index contributed by atoms with van der Waals surface area (Å²) in [6, 6.07) is 6.62. The number of hydrogen-bond acceptors (Lipinski definition) is 5. The summed E-state index contributed by atoms with van der Waals surface area (Å²) < 4.78 is 5.18. The van der Waals surface area contributed by atoms with Gasteiger partial charge in [0, 0.05) is 5.69 Å². The van der Waals surface area contributed by atoms with Crippen molar-refractivity contribution < 1.29 is 23.9 Å². The molecule has 1 saturated carbocycles. The average Bonchev–Trinajstić information content (AvgIpc) is 2.85. The summed E-state index contributed by atoms with van der Waals surface area (Å²) in [5, 5.41) is 5.49. The van der Waals surface area contributed by atoms with E-state index in [4.69, 9.17) is 4.74 Å². The fourth-order valence-corrected chi connectivity index (χ4v) is 4.95. The highest BCUT2D eigenvalue weighted by Crippen LogP contribution is 2.46. The molecule has 1 heterocycles. The Morgan fingerprint density at radius 1 is 1.23 bits per heavy atom. The van der Waals surface area contributed by atoms with Gasteiger partial charge in [0.05, 0.1) is 0 Å². The van der Waals surface area contributed by atoms with Crippen LogP contribution in [0.15, 0.2) is 24.3 Å². The van der Waals surface area contributed by atoms with Gasteiger partial charge < -0.3 is 15.4 Å². The van der Waals surface area contributed by atoms with E-state index in [0.29, 0.717) is 18.5 Å². The quantitative estimate of drug-likeness (QED) is 0.553. The summed E-state index contributed by atoms with van der Waals surface area (Å²) in [4.78, 5) is 51.2. The number of nitrogens with zero attached hydrogens (tertiary/aromatic N) is 1. The van der Waals surface area contributed by atoms with E-state index >= 15 is 0 Å². The average molecular weight is 430 g/mol. The van der Waals surface area contributed by atoms with Gasteiger partial charge in [0.1, 0.15) is 12.1 Å². The van der Waals surface area contributed by atoms with Gasteiger partial charge in [-0.3, -0.25) is 19.3 Å². The molecule has 4 amide bonds. The first kappa shape index (κ1) is 22.8. The van der Waals surface area contributed by atoms with Crippen molar-refractivity contribution in [2.45, 2.75) is 65.5 Å². The molecule has 0 bridgehead atoms. The Bertz CT molecular complexity index is 895. The third-order valence-corrected chi connectivity index (χ3v) is 5.91. The lowest BCUT2D eigenvalue weighted by Crippen LogP contribution is -2.54. The second-order valence-corrected chi connectivity index (χ2v) is 9.75. The summed E-state index contributed by atoms with van der Waals surface area (Å²) >= 11 is 0. The number of carbonyl (C=O) groups is 4. The molecule has 168 valence electrons. The number of aryl methyl sites for hydroxylation is 1. The van der Waals surface area contributed by atoms with Crippen molar-refractivity contribution in [1.29, 1.82) is 0 Å². The monoisotopic (exact) mass is 429 g/mol. The molecule has 31 heavy (non-hydrogen) atoms. The molecule has 1 aliphatic heterocycles. The summed E-state index contributed by atoms with van der Waals surface area (Å²) in [6.07, 6.45) is 0.961. The summed E-state index contributed by atoms with van der Waals surface area (Å²) in [5.41, 5.74) is 0.565. The van der Waals surface area contributed by atoms with Gasteiger partial charge in [-0.05, 0) is 56.6 Å². The van der Waals surface area contributed by atoms with Crippen LogP contribution in [0, 0.1) is 18.3 Å². The van der Waals surface area contributed by atoms with Gasteiger partial charge in [-0.2, -0.15) is 0 Å². The Morgan fingerprint density at radius 3 is 2.48 bits per heavy atom. The van der Waals surface area contributed by atoms with E-state index in [1.807, 2.05) is 19.1 Å². The van der Waals surface area contributed by atoms with Crippen molar-refractivity contribution >= 4 is 29.5 Å². The molecule has 1 saturated heterocycles. The van der Waals surface area contributed by atoms with Gasteiger partial charge in [-0.1, -0.05) is 38.5 Å². The number of carbonyl (C=O) groups excluding carboxylic acids is 4. The molecule has 8 heteroatoms. The van der Waals surface area contributed by atoms with Crippen molar-refractivity contribution in [1.82, 2.24) is 10.2 Å². The van der Waals surface area contributed by atoms with Crippen molar-refractivity contribution in [3.8, 4) is 0 Å². The van der Waals surface area contributed by atoms with E-state index in [9.17, 15) is 19.2 Å².